The standard InChI is InChI=1S/C14H19BrN4O/c1-10-17-14-13(5-12(15)6-16-14)19(10)4-2-3-18-7-11(8-18)9-20/h5-6,11,20H,2-4,7-9H2,1H3. The van der Waals surface area contributed by atoms with Crippen molar-refractivity contribution in [2.24, 2.45) is 5.92 Å². The van der Waals surface area contributed by atoms with Crippen LogP contribution in [0.1, 0.15) is 12.2 Å². The van der Waals surface area contributed by atoms with Crippen molar-refractivity contribution < 1.29 is 5.11 Å². The van der Waals surface area contributed by atoms with Gasteiger partial charge in [-0.1, -0.05) is 0 Å². The number of nitrogens with zero attached hydrogens (tertiary/aromatic N) is 4. The molecule has 2 aromatic rings. The number of likely N-dealkylation sites (tertiary alicyclic amines) is 1. The zero-order valence-corrected chi connectivity index (χ0v) is 13.2. The first-order valence-electron chi connectivity index (χ1n) is 6.99. The summed E-state index contributed by atoms with van der Waals surface area (Å²) in [4.78, 5) is 11.2. The van der Waals surface area contributed by atoms with E-state index in [0.29, 0.717) is 12.5 Å². The second-order valence-electron chi connectivity index (χ2n) is 5.47. The van der Waals surface area contributed by atoms with Gasteiger partial charge in [0.1, 0.15) is 5.82 Å². The molecule has 0 spiro atoms. The summed E-state index contributed by atoms with van der Waals surface area (Å²) in [6.07, 6.45) is 2.88. The Bertz CT molecular complexity index is 606. The zero-order valence-electron chi connectivity index (χ0n) is 11.6. The number of hydrogen-bond acceptors (Lipinski definition) is 4. The lowest BCUT2D eigenvalue weighted by Crippen LogP contribution is -2.48. The lowest BCUT2D eigenvalue weighted by atomic mass is 10.0. The summed E-state index contributed by atoms with van der Waals surface area (Å²) in [6.45, 7) is 6.46. The molecule has 1 aliphatic heterocycles. The van der Waals surface area contributed by atoms with Gasteiger partial charge in [0, 0.05) is 42.8 Å². The number of aliphatic hydroxyl groups is 1. The molecule has 0 amide bonds. The zero-order chi connectivity index (χ0) is 14.1. The van der Waals surface area contributed by atoms with Gasteiger partial charge >= 0.3 is 0 Å². The molecule has 0 radical (unpaired) electrons. The third-order valence-corrected chi connectivity index (χ3v) is 4.34. The average molecular weight is 339 g/mol. The van der Waals surface area contributed by atoms with E-state index in [2.05, 4.69) is 41.4 Å². The number of imidazole rings is 1. The molecule has 5 nitrogen and oxygen atoms in total. The van der Waals surface area contributed by atoms with Crippen LogP contribution in [0.15, 0.2) is 16.7 Å². The van der Waals surface area contributed by atoms with Gasteiger partial charge in [-0.3, -0.25) is 0 Å². The Balaban J connectivity index is 1.62. The Morgan fingerprint density at radius 3 is 2.95 bits per heavy atom. The summed E-state index contributed by atoms with van der Waals surface area (Å²) >= 11 is 3.47. The van der Waals surface area contributed by atoms with Crippen molar-refractivity contribution in [3.63, 3.8) is 0 Å². The van der Waals surface area contributed by atoms with Gasteiger partial charge in [-0.15, -0.1) is 0 Å². The van der Waals surface area contributed by atoms with Gasteiger partial charge < -0.3 is 14.6 Å². The second-order valence-corrected chi connectivity index (χ2v) is 6.38. The highest BCUT2D eigenvalue weighted by molar-refractivity contribution is 9.10. The molecular weight excluding hydrogens is 320 g/mol. The highest BCUT2D eigenvalue weighted by atomic mass is 79.9. The quantitative estimate of drug-likeness (QED) is 0.903. The highest BCUT2D eigenvalue weighted by Gasteiger charge is 2.24. The molecule has 0 saturated carbocycles. The van der Waals surface area contributed by atoms with Crippen molar-refractivity contribution in [3.8, 4) is 0 Å². The molecule has 3 rings (SSSR count). The van der Waals surface area contributed by atoms with Gasteiger partial charge in [0.15, 0.2) is 5.65 Å². The van der Waals surface area contributed by atoms with Crippen molar-refractivity contribution in [1.82, 2.24) is 19.4 Å². The van der Waals surface area contributed by atoms with Gasteiger partial charge in [-0.2, -0.15) is 0 Å². The maximum absolute atomic E-state index is 9.01. The van der Waals surface area contributed by atoms with Crippen molar-refractivity contribution in [2.45, 2.75) is 19.9 Å². The van der Waals surface area contributed by atoms with Gasteiger partial charge in [0.05, 0.1) is 5.52 Å². The summed E-state index contributed by atoms with van der Waals surface area (Å²) in [5.74, 6) is 1.51. The Hall–Kier alpha value is -0.980. The number of pyridine rings is 1. The van der Waals surface area contributed by atoms with Crippen LogP contribution in [-0.2, 0) is 6.54 Å². The fraction of sp³-hybridized carbons (Fsp3) is 0.571. The molecular formula is C14H19BrN4O. The number of hydrogen-bond donors (Lipinski definition) is 1. The van der Waals surface area contributed by atoms with Crippen LogP contribution in [0.4, 0.5) is 0 Å². The molecule has 1 aliphatic rings. The van der Waals surface area contributed by atoms with E-state index in [-0.39, 0.29) is 0 Å². The fourth-order valence-electron chi connectivity index (χ4n) is 2.80. The number of aromatic nitrogens is 3. The molecule has 108 valence electrons. The summed E-state index contributed by atoms with van der Waals surface area (Å²) in [5, 5.41) is 9.01. The van der Waals surface area contributed by atoms with Crippen molar-refractivity contribution >= 4 is 27.1 Å². The minimum atomic E-state index is 0.321. The molecule has 0 unspecified atom stereocenters. The fourth-order valence-corrected chi connectivity index (χ4v) is 3.12. The molecule has 0 bridgehead atoms. The van der Waals surface area contributed by atoms with Crippen molar-refractivity contribution in [1.29, 1.82) is 0 Å². The maximum Gasteiger partial charge on any atom is 0.177 e. The average Bonchev–Trinajstić information content (AvgIpc) is 2.68. The van der Waals surface area contributed by atoms with E-state index in [0.717, 1.165) is 54.1 Å². The van der Waals surface area contributed by atoms with Gasteiger partial charge in [-0.05, 0) is 41.9 Å². The molecule has 1 saturated heterocycles. The number of fused-ring (bicyclic) bond motifs is 1. The van der Waals surface area contributed by atoms with Crippen LogP contribution in [0.5, 0.6) is 0 Å². The van der Waals surface area contributed by atoms with Crippen LogP contribution in [0.2, 0.25) is 0 Å². The van der Waals surface area contributed by atoms with Crippen LogP contribution in [0.3, 0.4) is 0 Å². The predicted octanol–water partition coefficient (Wildman–Crippen LogP) is 1.82. The normalized spacial score (nSPS) is 16.8. The SMILES string of the molecule is Cc1nc2ncc(Br)cc2n1CCCN1CC(CO)C1. The largest absolute Gasteiger partial charge is 0.396 e. The summed E-state index contributed by atoms with van der Waals surface area (Å²) in [7, 11) is 0. The molecule has 3 heterocycles. The number of halogens is 1. The Morgan fingerprint density at radius 1 is 1.40 bits per heavy atom. The van der Waals surface area contributed by atoms with Crippen LogP contribution >= 0.6 is 15.9 Å². The lowest BCUT2D eigenvalue weighted by Gasteiger charge is -2.38. The van der Waals surface area contributed by atoms with Crippen molar-refractivity contribution in [2.75, 3.05) is 26.2 Å². The van der Waals surface area contributed by atoms with Crippen LogP contribution in [-0.4, -0.2) is 50.8 Å². The maximum atomic E-state index is 9.01. The lowest BCUT2D eigenvalue weighted by molar-refractivity contribution is 0.0524. The Labute approximate surface area is 126 Å². The minimum Gasteiger partial charge on any atom is -0.396 e. The first-order chi connectivity index (χ1) is 9.67. The molecule has 20 heavy (non-hydrogen) atoms. The number of aryl methyl sites for hydroxylation is 2. The first kappa shape index (κ1) is 14.0. The molecule has 2 aromatic heterocycles. The monoisotopic (exact) mass is 338 g/mol. The van der Waals surface area contributed by atoms with Gasteiger partial charge in [0.25, 0.3) is 0 Å². The van der Waals surface area contributed by atoms with Gasteiger partial charge in [0.2, 0.25) is 0 Å². The summed E-state index contributed by atoms with van der Waals surface area (Å²) < 4.78 is 3.22. The van der Waals surface area contributed by atoms with E-state index >= 15 is 0 Å². The van der Waals surface area contributed by atoms with Crippen molar-refractivity contribution in [3.05, 3.63) is 22.6 Å². The molecule has 1 N–H and O–H groups in total. The predicted molar refractivity (Wildman–Crippen MR) is 81.6 cm³/mol. The summed E-state index contributed by atoms with van der Waals surface area (Å²) in [6, 6.07) is 2.08. The topological polar surface area (TPSA) is 54.2 Å². The van der Waals surface area contributed by atoms with Crippen LogP contribution in [0.25, 0.3) is 11.2 Å². The third-order valence-electron chi connectivity index (χ3n) is 3.91. The highest BCUT2D eigenvalue weighted by Crippen LogP contribution is 2.20. The van der Waals surface area contributed by atoms with Crippen LogP contribution < -0.4 is 0 Å². The molecule has 0 atom stereocenters. The molecule has 0 aliphatic carbocycles. The number of aliphatic hydroxyl groups excluding tert-OH is 1. The number of rotatable bonds is 5. The smallest absolute Gasteiger partial charge is 0.177 e. The van der Waals surface area contributed by atoms with E-state index < -0.39 is 0 Å². The van der Waals surface area contributed by atoms with Gasteiger partial charge in [-0.25, -0.2) is 9.97 Å². The molecule has 0 aromatic carbocycles. The van der Waals surface area contributed by atoms with E-state index in [1.54, 1.807) is 6.20 Å². The molecule has 6 heteroatoms. The van der Waals surface area contributed by atoms with E-state index in [4.69, 9.17) is 5.11 Å². The van der Waals surface area contributed by atoms with Crippen LogP contribution in [0, 0.1) is 12.8 Å². The Kier molecular flexibility index (Phi) is 4.05. The summed E-state index contributed by atoms with van der Waals surface area (Å²) in [5.41, 5.74) is 1.91. The second kappa shape index (κ2) is 5.79. The van der Waals surface area contributed by atoms with E-state index in [9.17, 15) is 0 Å². The van der Waals surface area contributed by atoms with E-state index in [1.165, 1.54) is 0 Å². The minimum absolute atomic E-state index is 0.321. The first-order valence-corrected chi connectivity index (χ1v) is 7.78. The third kappa shape index (κ3) is 2.73. The van der Waals surface area contributed by atoms with E-state index in [1.807, 2.05) is 6.92 Å². The molecule has 1 fully saturated rings. The Morgan fingerprint density at radius 2 is 2.20 bits per heavy atom.